The Kier molecular flexibility index (Phi) is 7.59. The van der Waals surface area contributed by atoms with E-state index in [0.717, 1.165) is 31.2 Å². The van der Waals surface area contributed by atoms with Crippen molar-refractivity contribution < 1.29 is 9.63 Å². The summed E-state index contributed by atoms with van der Waals surface area (Å²) in [6.07, 6.45) is 3.92. The highest BCUT2D eigenvalue weighted by Crippen LogP contribution is 2.13. The maximum Gasteiger partial charge on any atom is 0.215 e. The Hall–Kier alpha value is -3.62. The summed E-state index contributed by atoms with van der Waals surface area (Å²) in [5.41, 5.74) is 2.02. The highest BCUT2D eigenvalue weighted by Gasteiger charge is 2.15. The van der Waals surface area contributed by atoms with Crippen LogP contribution >= 0.6 is 0 Å². The standard InChI is InChI=1S/C21H25N7O2/c1-3-4-8-14-28(16-29)19-13-9-12-18(22-19)15-30-24-20(17-10-6-5-7-11-17)21-23-25-26-27(21)2/h5-7,9-13,16H,3-4,8,14-15H2,1-2H3/b24-20-. The fraction of sp³-hybridized carbons (Fsp3) is 0.333. The summed E-state index contributed by atoms with van der Waals surface area (Å²) in [6.45, 7) is 2.92. The Balaban J connectivity index is 1.74. The van der Waals surface area contributed by atoms with Gasteiger partial charge < -0.3 is 4.84 Å². The predicted molar refractivity (Wildman–Crippen MR) is 113 cm³/mol. The van der Waals surface area contributed by atoms with E-state index >= 15 is 0 Å². The van der Waals surface area contributed by atoms with Crippen LogP contribution in [0.2, 0.25) is 0 Å². The second-order valence-electron chi connectivity index (χ2n) is 6.70. The number of tetrazole rings is 1. The number of benzene rings is 1. The van der Waals surface area contributed by atoms with E-state index < -0.39 is 0 Å². The minimum absolute atomic E-state index is 0.150. The lowest BCUT2D eigenvalue weighted by Gasteiger charge is -2.16. The van der Waals surface area contributed by atoms with E-state index in [9.17, 15) is 4.79 Å². The van der Waals surface area contributed by atoms with Crippen molar-refractivity contribution in [2.24, 2.45) is 12.2 Å². The number of carbonyl (C=O) groups is 1. The molecular weight excluding hydrogens is 382 g/mol. The van der Waals surface area contributed by atoms with Gasteiger partial charge in [-0.15, -0.1) is 5.10 Å². The molecule has 0 radical (unpaired) electrons. The Morgan fingerprint density at radius 2 is 2.00 bits per heavy atom. The maximum atomic E-state index is 11.4. The molecule has 0 spiro atoms. The Labute approximate surface area is 175 Å². The van der Waals surface area contributed by atoms with E-state index in [2.05, 4.69) is 32.6 Å². The minimum Gasteiger partial charge on any atom is -0.389 e. The summed E-state index contributed by atoms with van der Waals surface area (Å²) < 4.78 is 1.53. The topological polar surface area (TPSA) is 98.4 Å². The minimum atomic E-state index is 0.150. The van der Waals surface area contributed by atoms with Crippen molar-refractivity contribution in [2.75, 3.05) is 11.4 Å². The second kappa shape index (κ2) is 10.8. The van der Waals surface area contributed by atoms with Crippen LogP contribution in [0.4, 0.5) is 5.82 Å². The largest absolute Gasteiger partial charge is 0.389 e. The summed E-state index contributed by atoms with van der Waals surface area (Å²) in [5.74, 6) is 1.10. The lowest BCUT2D eigenvalue weighted by atomic mass is 10.1. The molecule has 0 aliphatic rings. The number of aryl methyl sites for hydroxylation is 1. The third-order valence-corrected chi connectivity index (χ3v) is 4.46. The molecule has 9 nitrogen and oxygen atoms in total. The molecule has 30 heavy (non-hydrogen) atoms. The first kappa shape index (κ1) is 21.1. The fourth-order valence-electron chi connectivity index (χ4n) is 2.87. The first-order chi connectivity index (χ1) is 14.7. The first-order valence-corrected chi connectivity index (χ1v) is 9.89. The molecule has 2 heterocycles. The molecule has 0 unspecified atom stereocenters. The number of nitrogens with zero attached hydrogens (tertiary/aromatic N) is 7. The molecule has 0 fully saturated rings. The molecule has 3 aromatic rings. The highest BCUT2D eigenvalue weighted by molar-refractivity contribution is 6.10. The molecule has 9 heteroatoms. The predicted octanol–water partition coefficient (Wildman–Crippen LogP) is 2.73. The molecule has 156 valence electrons. The van der Waals surface area contributed by atoms with Crippen LogP contribution in [0.3, 0.4) is 0 Å². The van der Waals surface area contributed by atoms with Crippen LogP contribution in [0.25, 0.3) is 0 Å². The molecule has 1 aromatic carbocycles. The molecule has 0 aliphatic heterocycles. The summed E-state index contributed by atoms with van der Waals surface area (Å²) in [5, 5.41) is 15.9. The highest BCUT2D eigenvalue weighted by atomic mass is 16.6. The Morgan fingerprint density at radius 1 is 1.17 bits per heavy atom. The van der Waals surface area contributed by atoms with Crippen LogP contribution in [-0.4, -0.2) is 43.9 Å². The lowest BCUT2D eigenvalue weighted by molar-refractivity contribution is -0.107. The molecule has 0 saturated carbocycles. The SMILES string of the molecule is CCCCCN(C=O)c1cccc(CO/N=C(/c2ccccc2)c2nnnn2C)n1. The van der Waals surface area contributed by atoms with Crippen LogP contribution in [0.5, 0.6) is 0 Å². The molecule has 1 amide bonds. The number of pyridine rings is 1. The second-order valence-corrected chi connectivity index (χ2v) is 6.70. The van der Waals surface area contributed by atoms with Gasteiger partial charge in [0.2, 0.25) is 12.2 Å². The summed E-state index contributed by atoms with van der Waals surface area (Å²) in [4.78, 5) is 23.2. The first-order valence-electron chi connectivity index (χ1n) is 9.89. The Bertz CT molecular complexity index is 972. The third-order valence-electron chi connectivity index (χ3n) is 4.46. The van der Waals surface area contributed by atoms with Crippen molar-refractivity contribution in [3.05, 3.63) is 65.6 Å². The zero-order valence-corrected chi connectivity index (χ0v) is 17.2. The monoisotopic (exact) mass is 407 g/mol. The summed E-state index contributed by atoms with van der Waals surface area (Å²) in [7, 11) is 1.74. The van der Waals surface area contributed by atoms with Crippen molar-refractivity contribution >= 4 is 17.9 Å². The number of unbranched alkanes of at least 4 members (excludes halogenated alkanes) is 2. The van der Waals surface area contributed by atoms with Gasteiger partial charge in [-0.25, -0.2) is 9.67 Å². The normalized spacial score (nSPS) is 11.3. The molecule has 0 saturated heterocycles. The molecular formula is C21H25N7O2. The van der Waals surface area contributed by atoms with Crippen LogP contribution < -0.4 is 4.90 Å². The van der Waals surface area contributed by atoms with Gasteiger partial charge in [-0.2, -0.15) is 0 Å². The van der Waals surface area contributed by atoms with Crippen molar-refractivity contribution in [2.45, 2.75) is 32.8 Å². The third kappa shape index (κ3) is 5.47. The number of aromatic nitrogens is 5. The number of hydrogen-bond acceptors (Lipinski definition) is 7. The van der Waals surface area contributed by atoms with Gasteiger partial charge in [0, 0.05) is 19.2 Å². The molecule has 2 aromatic heterocycles. The quantitative estimate of drug-likeness (QED) is 0.210. The number of oxime groups is 1. The van der Waals surface area contributed by atoms with Gasteiger partial charge in [0.05, 0.1) is 5.69 Å². The zero-order chi connectivity index (χ0) is 21.2. The van der Waals surface area contributed by atoms with Crippen LogP contribution in [-0.2, 0) is 23.3 Å². The zero-order valence-electron chi connectivity index (χ0n) is 17.2. The number of hydrogen-bond donors (Lipinski definition) is 0. The van der Waals surface area contributed by atoms with Gasteiger partial charge in [-0.3, -0.25) is 9.69 Å². The van der Waals surface area contributed by atoms with Gasteiger partial charge in [0.25, 0.3) is 0 Å². The van der Waals surface area contributed by atoms with Gasteiger partial charge >= 0.3 is 0 Å². The van der Waals surface area contributed by atoms with Crippen LogP contribution in [0.1, 0.15) is 43.3 Å². The number of anilines is 1. The van der Waals surface area contributed by atoms with Crippen LogP contribution in [0, 0.1) is 0 Å². The van der Waals surface area contributed by atoms with Gasteiger partial charge in [0.1, 0.15) is 5.82 Å². The van der Waals surface area contributed by atoms with Gasteiger partial charge in [-0.05, 0) is 29.0 Å². The molecule has 0 bridgehead atoms. The van der Waals surface area contributed by atoms with Crippen molar-refractivity contribution in [1.82, 2.24) is 25.2 Å². The number of amides is 1. The van der Waals surface area contributed by atoms with Crippen molar-refractivity contribution in [3.63, 3.8) is 0 Å². The van der Waals surface area contributed by atoms with E-state index in [-0.39, 0.29) is 6.61 Å². The average molecular weight is 407 g/mol. The van der Waals surface area contributed by atoms with Crippen molar-refractivity contribution in [1.29, 1.82) is 0 Å². The maximum absolute atomic E-state index is 11.4. The van der Waals surface area contributed by atoms with Gasteiger partial charge in [-0.1, -0.05) is 61.3 Å². The van der Waals surface area contributed by atoms with E-state index in [1.165, 1.54) is 4.68 Å². The van der Waals surface area contributed by atoms with E-state index in [1.807, 2.05) is 48.5 Å². The van der Waals surface area contributed by atoms with Gasteiger partial charge in [0.15, 0.2) is 12.3 Å². The van der Waals surface area contributed by atoms with E-state index in [0.29, 0.717) is 29.6 Å². The molecule has 3 rings (SSSR count). The lowest BCUT2D eigenvalue weighted by Crippen LogP contribution is -2.23. The average Bonchev–Trinajstić information content (AvgIpc) is 3.20. The number of rotatable bonds is 11. The van der Waals surface area contributed by atoms with E-state index in [4.69, 9.17) is 4.84 Å². The molecule has 0 atom stereocenters. The summed E-state index contributed by atoms with van der Waals surface area (Å²) in [6, 6.07) is 15.1. The molecule has 0 N–H and O–H groups in total. The molecule has 0 aliphatic carbocycles. The fourth-order valence-corrected chi connectivity index (χ4v) is 2.87. The van der Waals surface area contributed by atoms with Crippen LogP contribution in [0.15, 0.2) is 53.7 Å². The summed E-state index contributed by atoms with van der Waals surface area (Å²) >= 11 is 0. The van der Waals surface area contributed by atoms with Crippen molar-refractivity contribution in [3.8, 4) is 0 Å². The number of carbonyl (C=O) groups excluding carboxylic acids is 1. The van der Waals surface area contributed by atoms with E-state index in [1.54, 1.807) is 11.9 Å². The Morgan fingerprint density at radius 3 is 2.70 bits per heavy atom. The smallest absolute Gasteiger partial charge is 0.215 e.